The van der Waals surface area contributed by atoms with Gasteiger partial charge < -0.3 is 4.74 Å². The van der Waals surface area contributed by atoms with Crippen LogP contribution in [0.3, 0.4) is 0 Å². The van der Waals surface area contributed by atoms with Crippen molar-refractivity contribution >= 4 is 17.5 Å². The molecular weight excluding hydrogens is 240 g/mol. The van der Waals surface area contributed by atoms with Crippen LogP contribution in [0.25, 0.3) is 5.76 Å². The Balaban J connectivity index is 1.80. The average molecular weight is 254 g/mol. The normalized spacial score (nSPS) is 15.5. The van der Waals surface area contributed by atoms with E-state index in [4.69, 9.17) is 4.74 Å². The van der Waals surface area contributed by atoms with Crippen LogP contribution < -0.4 is 0 Å². The molecule has 0 fully saturated rings. The van der Waals surface area contributed by atoms with Crippen molar-refractivity contribution < 1.29 is 4.74 Å². The van der Waals surface area contributed by atoms with E-state index in [9.17, 15) is 0 Å². The molecule has 1 nitrogen and oxygen atoms in total. The summed E-state index contributed by atoms with van der Waals surface area (Å²) in [6.07, 6.45) is 0. The highest BCUT2D eigenvalue weighted by Crippen LogP contribution is 2.33. The summed E-state index contributed by atoms with van der Waals surface area (Å²) in [5, 5.41) is 2.09. The highest BCUT2D eigenvalue weighted by Gasteiger charge is 2.16. The molecule has 2 heteroatoms. The van der Waals surface area contributed by atoms with Crippen LogP contribution in [0.2, 0.25) is 0 Å². The lowest BCUT2D eigenvalue weighted by molar-refractivity contribution is 0.286. The van der Waals surface area contributed by atoms with Crippen LogP contribution in [0.15, 0.2) is 58.8 Å². The SMILES string of the molecule is Cc1ccc(S/C=C2\OCc3ccccc32)cc1. The minimum atomic E-state index is 0.691. The van der Waals surface area contributed by atoms with Crippen LogP contribution in [0.4, 0.5) is 0 Å². The Kier molecular flexibility index (Phi) is 3.11. The number of rotatable bonds is 2. The summed E-state index contributed by atoms with van der Waals surface area (Å²) in [5.41, 5.74) is 3.78. The summed E-state index contributed by atoms with van der Waals surface area (Å²) in [6.45, 7) is 2.79. The highest BCUT2D eigenvalue weighted by molar-refractivity contribution is 8.02. The first-order valence-corrected chi connectivity index (χ1v) is 6.85. The number of hydrogen-bond donors (Lipinski definition) is 0. The van der Waals surface area contributed by atoms with Crippen molar-refractivity contribution in [1.82, 2.24) is 0 Å². The Labute approximate surface area is 111 Å². The van der Waals surface area contributed by atoms with E-state index in [1.807, 2.05) is 0 Å². The zero-order valence-corrected chi connectivity index (χ0v) is 11.0. The summed E-state index contributed by atoms with van der Waals surface area (Å²) < 4.78 is 5.71. The molecule has 0 spiro atoms. The van der Waals surface area contributed by atoms with E-state index in [2.05, 4.69) is 60.9 Å². The maximum absolute atomic E-state index is 5.71. The Bertz CT molecular complexity index is 584. The fourth-order valence-corrected chi connectivity index (χ4v) is 2.69. The van der Waals surface area contributed by atoms with Gasteiger partial charge in [0.25, 0.3) is 0 Å². The lowest BCUT2D eigenvalue weighted by atomic mass is 10.1. The van der Waals surface area contributed by atoms with Crippen molar-refractivity contribution in [2.24, 2.45) is 0 Å². The van der Waals surface area contributed by atoms with Gasteiger partial charge in [-0.05, 0) is 19.1 Å². The van der Waals surface area contributed by atoms with Crippen LogP contribution in [-0.2, 0) is 11.3 Å². The minimum Gasteiger partial charge on any atom is -0.488 e. The topological polar surface area (TPSA) is 9.23 Å². The molecule has 0 radical (unpaired) electrons. The van der Waals surface area contributed by atoms with Crippen LogP contribution in [0, 0.1) is 6.92 Å². The third kappa shape index (κ3) is 2.29. The maximum Gasteiger partial charge on any atom is 0.134 e. The number of aryl methyl sites for hydroxylation is 1. The number of fused-ring (bicyclic) bond motifs is 1. The summed E-state index contributed by atoms with van der Waals surface area (Å²) in [6, 6.07) is 16.9. The second-order valence-electron chi connectivity index (χ2n) is 4.36. The Morgan fingerprint density at radius 1 is 1.06 bits per heavy atom. The van der Waals surface area contributed by atoms with Gasteiger partial charge >= 0.3 is 0 Å². The summed E-state index contributed by atoms with van der Waals surface area (Å²) >= 11 is 1.70. The minimum absolute atomic E-state index is 0.691. The van der Waals surface area contributed by atoms with Crippen LogP contribution >= 0.6 is 11.8 Å². The predicted molar refractivity (Wildman–Crippen MR) is 76.2 cm³/mol. The summed E-state index contributed by atoms with van der Waals surface area (Å²) in [5.74, 6) is 0.983. The van der Waals surface area contributed by atoms with Crippen LogP contribution in [0.1, 0.15) is 16.7 Å². The van der Waals surface area contributed by atoms with Gasteiger partial charge in [-0.2, -0.15) is 0 Å². The Hall–Kier alpha value is -1.67. The first kappa shape index (κ1) is 11.4. The Morgan fingerprint density at radius 3 is 2.67 bits per heavy atom. The first-order chi connectivity index (χ1) is 8.83. The maximum atomic E-state index is 5.71. The second-order valence-corrected chi connectivity index (χ2v) is 5.30. The van der Waals surface area contributed by atoms with Crippen molar-refractivity contribution in [3.8, 4) is 0 Å². The molecule has 0 aromatic heterocycles. The fourth-order valence-electron chi connectivity index (χ4n) is 1.96. The van der Waals surface area contributed by atoms with E-state index in [-0.39, 0.29) is 0 Å². The molecule has 0 amide bonds. The number of thioether (sulfide) groups is 1. The largest absolute Gasteiger partial charge is 0.488 e. The van der Waals surface area contributed by atoms with Crippen molar-refractivity contribution in [2.45, 2.75) is 18.4 Å². The third-order valence-corrected chi connectivity index (χ3v) is 3.87. The van der Waals surface area contributed by atoms with Gasteiger partial charge in [-0.25, -0.2) is 0 Å². The fraction of sp³-hybridized carbons (Fsp3) is 0.125. The molecule has 0 bridgehead atoms. The van der Waals surface area contributed by atoms with Crippen LogP contribution in [0.5, 0.6) is 0 Å². The lowest BCUT2D eigenvalue weighted by Crippen LogP contribution is -1.78. The molecular formula is C16H14OS. The standard InChI is InChI=1S/C16H14OS/c1-12-6-8-14(9-7-12)18-11-16-15-5-3-2-4-13(15)10-17-16/h2-9,11H,10H2,1H3/b16-11-. The van der Waals surface area contributed by atoms with Crippen molar-refractivity contribution in [3.63, 3.8) is 0 Å². The molecule has 90 valence electrons. The molecule has 0 atom stereocenters. The van der Waals surface area contributed by atoms with Gasteiger partial charge in [0.2, 0.25) is 0 Å². The molecule has 3 rings (SSSR count). The Morgan fingerprint density at radius 2 is 1.83 bits per heavy atom. The second kappa shape index (κ2) is 4.91. The molecule has 0 aliphatic carbocycles. The highest BCUT2D eigenvalue weighted by atomic mass is 32.2. The molecule has 18 heavy (non-hydrogen) atoms. The molecule has 0 N–H and O–H groups in total. The van der Waals surface area contributed by atoms with Gasteiger partial charge in [-0.15, -0.1) is 0 Å². The molecule has 0 saturated heterocycles. The van der Waals surface area contributed by atoms with Gasteiger partial charge in [-0.1, -0.05) is 53.7 Å². The smallest absolute Gasteiger partial charge is 0.134 e. The van der Waals surface area contributed by atoms with E-state index in [1.165, 1.54) is 21.6 Å². The van der Waals surface area contributed by atoms with Crippen molar-refractivity contribution in [1.29, 1.82) is 0 Å². The first-order valence-electron chi connectivity index (χ1n) is 5.97. The van der Waals surface area contributed by atoms with Gasteiger partial charge in [0.1, 0.15) is 12.4 Å². The average Bonchev–Trinajstić information content (AvgIpc) is 2.82. The molecule has 2 aromatic carbocycles. The quantitative estimate of drug-likeness (QED) is 0.723. The molecule has 0 saturated carbocycles. The molecule has 1 heterocycles. The number of ether oxygens (including phenoxy) is 1. The summed E-state index contributed by atoms with van der Waals surface area (Å²) in [7, 11) is 0. The molecule has 0 unspecified atom stereocenters. The van der Waals surface area contributed by atoms with E-state index in [0.29, 0.717) is 6.61 Å². The zero-order chi connectivity index (χ0) is 12.4. The lowest BCUT2D eigenvalue weighted by Gasteiger charge is -2.01. The van der Waals surface area contributed by atoms with Crippen LogP contribution in [-0.4, -0.2) is 0 Å². The number of hydrogen-bond acceptors (Lipinski definition) is 2. The molecule has 2 aromatic rings. The molecule has 1 aliphatic rings. The van der Waals surface area contributed by atoms with Gasteiger partial charge in [-0.3, -0.25) is 0 Å². The molecule has 1 aliphatic heterocycles. The number of benzene rings is 2. The van der Waals surface area contributed by atoms with Crippen molar-refractivity contribution in [3.05, 3.63) is 70.6 Å². The van der Waals surface area contributed by atoms with E-state index in [0.717, 1.165) is 5.76 Å². The van der Waals surface area contributed by atoms with Gasteiger partial charge in [0, 0.05) is 21.4 Å². The summed E-state index contributed by atoms with van der Waals surface area (Å²) in [4.78, 5) is 1.24. The zero-order valence-electron chi connectivity index (χ0n) is 10.2. The van der Waals surface area contributed by atoms with E-state index in [1.54, 1.807) is 11.8 Å². The predicted octanol–water partition coefficient (Wildman–Crippen LogP) is 4.62. The monoisotopic (exact) mass is 254 g/mol. The van der Waals surface area contributed by atoms with Crippen molar-refractivity contribution in [2.75, 3.05) is 0 Å². The third-order valence-electron chi connectivity index (χ3n) is 2.99. The van der Waals surface area contributed by atoms with E-state index >= 15 is 0 Å². The van der Waals surface area contributed by atoms with E-state index < -0.39 is 0 Å². The van der Waals surface area contributed by atoms with Gasteiger partial charge in [0.05, 0.1) is 0 Å². The van der Waals surface area contributed by atoms with Gasteiger partial charge in [0.15, 0.2) is 0 Å².